The minimum absolute atomic E-state index is 0.308. The third-order valence-electron chi connectivity index (χ3n) is 5.18. The third-order valence-corrected chi connectivity index (χ3v) is 5.18. The monoisotopic (exact) mass is 250 g/mol. The van der Waals surface area contributed by atoms with Crippen molar-refractivity contribution in [1.82, 2.24) is 9.80 Å². The Morgan fingerprint density at radius 2 is 1.89 bits per heavy atom. The molecule has 4 rings (SSSR count). The molecule has 3 unspecified atom stereocenters. The van der Waals surface area contributed by atoms with Crippen molar-refractivity contribution >= 4 is 5.91 Å². The first-order chi connectivity index (χ1) is 8.46. The number of piperazine rings is 1. The van der Waals surface area contributed by atoms with Crippen molar-refractivity contribution in [2.75, 3.05) is 20.1 Å². The third kappa shape index (κ3) is 2.07. The molecular formula is C15H26N2O. The lowest BCUT2D eigenvalue weighted by Gasteiger charge is -2.57. The lowest BCUT2D eigenvalue weighted by atomic mass is 9.71. The van der Waals surface area contributed by atoms with E-state index < -0.39 is 0 Å². The summed E-state index contributed by atoms with van der Waals surface area (Å²) in [5.41, 5.74) is 0.370. The van der Waals surface area contributed by atoms with E-state index >= 15 is 0 Å². The van der Waals surface area contributed by atoms with Gasteiger partial charge in [0, 0.05) is 31.1 Å². The van der Waals surface area contributed by atoms with Crippen LogP contribution in [0.15, 0.2) is 0 Å². The van der Waals surface area contributed by atoms with Crippen molar-refractivity contribution in [3.63, 3.8) is 0 Å². The van der Waals surface area contributed by atoms with E-state index in [2.05, 4.69) is 30.7 Å². The maximum absolute atomic E-state index is 12.7. The topological polar surface area (TPSA) is 23.6 Å². The second kappa shape index (κ2) is 4.22. The summed E-state index contributed by atoms with van der Waals surface area (Å²) in [6.45, 7) is 6.80. The Bertz CT molecular complexity index is 340. The zero-order chi connectivity index (χ0) is 12.9. The highest BCUT2D eigenvalue weighted by Gasteiger charge is 2.48. The number of piperidine rings is 1. The molecule has 4 fully saturated rings. The Morgan fingerprint density at radius 3 is 2.50 bits per heavy atom. The number of hydrogen-bond donors (Lipinski definition) is 0. The highest BCUT2D eigenvalue weighted by molar-refractivity contribution is 5.80. The Hall–Kier alpha value is -0.570. The van der Waals surface area contributed by atoms with Crippen LogP contribution in [0.2, 0.25) is 0 Å². The zero-order valence-corrected chi connectivity index (χ0v) is 12.0. The summed E-state index contributed by atoms with van der Waals surface area (Å²) in [6, 6.07) is 1.04. The predicted octanol–water partition coefficient (Wildman–Crippen LogP) is 2.12. The second-order valence-corrected chi connectivity index (χ2v) is 7.47. The molecule has 3 aliphatic heterocycles. The van der Waals surface area contributed by atoms with Gasteiger partial charge in [-0.2, -0.15) is 0 Å². The van der Waals surface area contributed by atoms with Crippen molar-refractivity contribution < 1.29 is 4.79 Å². The molecule has 0 aromatic heterocycles. The van der Waals surface area contributed by atoms with E-state index in [-0.39, 0.29) is 0 Å². The second-order valence-electron chi connectivity index (χ2n) is 7.47. The van der Waals surface area contributed by atoms with Crippen molar-refractivity contribution in [3.05, 3.63) is 0 Å². The minimum Gasteiger partial charge on any atom is -0.334 e. The van der Waals surface area contributed by atoms with Crippen molar-refractivity contribution in [2.24, 2.45) is 11.3 Å². The molecule has 3 saturated heterocycles. The van der Waals surface area contributed by atoms with Crippen LogP contribution in [0.3, 0.4) is 0 Å². The quantitative estimate of drug-likeness (QED) is 0.711. The summed E-state index contributed by atoms with van der Waals surface area (Å²) in [5.74, 6) is 0.777. The van der Waals surface area contributed by atoms with Gasteiger partial charge < -0.3 is 9.80 Å². The Balaban J connectivity index is 1.65. The van der Waals surface area contributed by atoms with E-state index in [1.54, 1.807) is 0 Å². The standard InChI is InChI=1S/C15H26N2O/c1-15(2)6-4-5-11(8-15)14(18)17-12-7-13(17)10-16(3)9-12/h11-13H,4-10H2,1-3H3. The highest BCUT2D eigenvalue weighted by Crippen LogP contribution is 2.42. The first-order valence-corrected chi connectivity index (χ1v) is 7.47. The fourth-order valence-electron chi connectivity index (χ4n) is 4.30. The van der Waals surface area contributed by atoms with Gasteiger partial charge >= 0.3 is 0 Å². The van der Waals surface area contributed by atoms with Crippen molar-refractivity contribution in [1.29, 1.82) is 0 Å². The molecule has 0 aromatic carbocycles. The normalized spacial score (nSPS) is 39.3. The predicted molar refractivity (Wildman–Crippen MR) is 72.3 cm³/mol. The van der Waals surface area contributed by atoms with Gasteiger partial charge in [0.1, 0.15) is 0 Å². The summed E-state index contributed by atoms with van der Waals surface area (Å²) in [7, 11) is 2.17. The van der Waals surface area contributed by atoms with Crippen LogP contribution in [-0.4, -0.2) is 47.9 Å². The van der Waals surface area contributed by atoms with E-state index in [4.69, 9.17) is 0 Å². The zero-order valence-electron chi connectivity index (χ0n) is 12.0. The lowest BCUT2D eigenvalue weighted by Crippen LogP contribution is -2.70. The van der Waals surface area contributed by atoms with Crippen LogP contribution >= 0.6 is 0 Å². The number of carbonyl (C=O) groups excluding carboxylic acids is 1. The van der Waals surface area contributed by atoms with Crippen molar-refractivity contribution in [2.45, 2.75) is 58.0 Å². The molecule has 0 spiro atoms. The smallest absolute Gasteiger partial charge is 0.226 e. The van der Waals surface area contributed by atoms with Crippen LogP contribution in [0.1, 0.15) is 46.0 Å². The van der Waals surface area contributed by atoms with E-state index in [9.17, 15) is 4.79 Å². The number of carbonyl (C=O) groups is 1. The SMILES string of the molecule is CN1CC2CC(C1)N2C(=O)C1CCCC(C)(C)C1. The number of fused-ring (bicyclic) bond motifs is 2. The number of nitrogens with zero attached hydrogens (tertiary/aromatic N) is 2. The van der Waals surface area contributed by atoms with Crippen LogP contribution < -0.4 is 0 Å². The summed E-state index contributed by atoms with van der Waals surface area (Å²) < 4.78 is 0. The van der Waals surface area contributed by atoms with Gasteiger partial charge in [0.25, 0.3) is 0 Å². The fourth-order valence-corrected chi connectivity index (χ4v) is 4.30. The number of hydrogen-bond acceptors (Lipinski definition) is 2. The highest BCUT2D eigenvalue weighted by atomic mass is 16.2. The maximum Gasteiger partial charge on any atom is 0.226 e. The number of amides is 1. The van der Waals surface area contributed by atoms with Crippen LogP contribution in [0.25, 0.3) is 0 Å². The Labute approximate surface area is 111 Å². The molecule has 3 heterocycles. The summed E-state index contributed by atoms with van der Waals surface area (Å²) in [6.07, 6.45) is 5.97. The molecule has 102 valence electrons. The maximum atomic E-state index is 12.7. The van der Waals surface area contributed by atoms with Crippen LogP contribution in [0.5, 0.6) is 0 Å². The first-order valence-electron chi connectivity index (χ1n) is 7.47. The molecule has 4 aliphatic rings. The molecule has 18 heavy (non-hydrogen) atoms. The largest absolute Gasteiger partial charge is 0.334 e. The van der Waals surface area contributed by atoms with Gasteiger partial charge in [0.15, 0.2) is 0 Å². The fraction of sp³-hybridized carbons (Fsp3) is 0.933. The van der Waals surface area contributed by atoms with E-state index in [0.29, 0.717) is 29.3 Å². The average molecular weight is 250 g/mol. The molecule has 1 saturated carbocycles. The number of rotatable bonds is 1. The van der Waals surface area contributed by atoms with Gasteiger partial charge in [-0.25, -0.2) is 0 Å². The molecule has 1 amide bonds. The molecule has 1 aliphatic carbocycles. The Morgan fingerprint density at radius 1 is 1.22 bits per heavy atom. The van der Waals surface area contributed by atoms with Gasteiger partial charge in [-0.3, -0.25) is 4.79 Å². The molecule has 2 bridgehead atoms. The summed E-state index contributed by atoms with van der Waals surface area (Å²) in [4.78, 5) is 17.3. The molecule has 0 aromatic rings. The van der Waals surface area contributed by atoms with Gasteiger partial charge in [-0.05, 0) is 38.1 Å². The molecule has 3 heteroatoms. The van der Waals surface area contributed by atoms with Gasteiger partial charge in [-0.1, -0.05) is 20.3 Å². The number of likely N-dealkylation sites (N-methyl/N-ethyl adjacent to an activating group) is 1. The lowest BCUT2D eigenvalue weighted by molar-refractivity contribution is -0.159. The summed E-state index contributed by atoms with van der Waals surface area (Å²) in [5, 5.41) is 0. The average Bonchev–Trinajstić information content (AvgIpc) is 2.26. The molecule has 3 atom stereocenters. The van der Waals surface area contributed by atoms with E-state index in [1.165, 1.54) is 19.3 Å². The van der Waals surface area contributed by atoms with Crippen LogP contribution in [0, 0.1) is 11.3 Å². The van der Waals surface area contributed by atoms with Crippen LogP contribution in [0.4, 0.5) is 0 Å². The molecule has 0 N–H and O–H groups in total. The molecular weight excluding hydrogens is 224 g/mol. The van der Waals surface area contributed by atoms with Gasteiger partial charge in [0.2, 0.25) is 5.91 Å². The van der Waals surface area contributed by atoms with Crippen LogP contribution in [-0.2, 0) is 4.79 Å². The van der Waals surface area contributed by atoms with Crippen molar-refractivity contribution in [3.8, 4) is 0 Å². The molecule has 0 radical (unpaired) electrons. The van der Waals surface area contributed by atoms with Gasteiger partial charge in [-0.15, -0.1) is 0 Å². The van der Waals surface area contributed by atoms with E-state index in [0.717, 1.165) is 25.9 Å². The van der Waals surface area contributed by atoms with Gasteiger partial charge in [0.05, 0.1) is 0 Å². The Kier molecular flexibility index (Phi) is 2.92. The summed E-state index contributed by atoms with van der Waals surface area (Å²) >= 11 is 0. The first kappa shape index (κ1) is 12.5. The molecule has 3 nitrogen and oxygen atoms in total. The van der Waals surface area contributed by atoms with E-state index in [1.807, 2.05) is 0 Å². The minimum atomic E-state index is 0.308.